The number of carbonyl (C=O) groups is 2. The van der Waals surface area contributed by atoms with Crippen molar-refractivity contribution >= 4 is 11.7 Å². The van der Waals surface area contributed by atoms with Crippen LogP contribution in [0.25, 0.3) is 0 Å². The Kier molecular flexibility index (Phi) is 5.51. The highest BCUT2D eigenvalue weighted by molar-refractivity contribution is 6.00. The highest BCUT2D eigenvalue weighted by Gasteiger charge is 2.41. The molecule has 2 aliphatic rings. The van der Waals surface area contributed by atoms with Gasteiger partial charge in [0.2, 0.25) is 5.91 Å². The van der Waals surface area contributed by atoms with E-state index in [1.807, 2.05) is 27.8 Å². The standard InChI is InChI=1S/C25H29N3O2/c1-4-5-13-22(30)27-14-9-12-19(27)24-23-20(15-25(2,3)16-21(23)29)28(26-24)17-18-10-7-6-8-11-18/h1,6-8,10-11,19H,5,9,12-17H2,2-3H3/t19-/m0/s1. The number of hydrogen-bond acceptors (Lipinski definition) is 3. The molecule has 1 atom stereocenters. The maximum absolute atomic E-state index is 13.2. The zero-order chi connectivity index (χ0) is 21.3. The lowest BCUT2D eigenvalue weighted by Gasteiger charge is -2.30. The molecule has 1 aliphatic heterocycles. The molecule has 1 fully saturated rings. The van der Waals surface area contributed by atoms with E-state index in [4.69, 9.17) is 11.5 Å². The summed E-state index contributed by atoms with van der Waals surface area (Å²) in [4.78, 5) is 27.8. The second-order valence-corrected chi connectivity index (χ2v) is 9.24. The van der Waals surface area contributed by atoms with Crippen molar-refractivity contribution in [3.8, 4) is 12.3 Å². The fraction of sp³-hybridized carbons (Fsp3) is 0.480. The van der Waals surface area contributed by atoms with Gasteiger partial charge in [-0.2, -0.15) is 5.10 Å². The summed E-state index contributed by atoms with van der Waals surface area (Å²) in [5.74, 6) is 2.76. The lowest BCUT2D eigenvalue weighted by atomic mass is 9.75. The number of likely N-dealkylation sites (tertiary alicyclic amines) is 1. The highest BCUT2D eigenvalue weighted by atomic mass is 16.2. The zero-order valence-corrected chi connectivity index (χ0v) is 17.9. The van der Waals surface area contributed by atoms with Gasteiger partial charge in [0.15, 0.2) is 5.78 Å². The van der Waals surface area contributed by atoms with Crippen LogP contribution in [0.4, 0.5) is 0 Å². The van der Waals surface area contributed by atoms with Gasteiger partial charge in [-0.15, -0.1) is 12.3 Å². The maximum atomic E-state index is 13.2. The Labute approximate surface area is 178 Å². The number of aromatic nitrogens is 2. The minimum Gasteiger partial charge on any atom is -0.334 e. The number of Topliss-reactive ketones (excluding diaryl/α,β-unsaturated/α-hetero) is 1. The van der Waals surface area contributed by atoms with Crippen LogP contribution < -0.4 is 0 Å². The van der Waals surface area contributed by atoms with Crippen molar-refractivity contribution in [2.24, 2.45) is 5.41 Å². The molecule has 0 saturated carbocycles. The molecule has 5 heteroatoms. The Balaban J connectivity index is 1.74. The lowest BCUT2D eigenvalue weighted by molar-refractivity contribution is -0.132. The molecular formula is C25H29N3O2. The van der Waals surface area contributed by atoms with Gasteiger partial charge in [-0.25, -0.2) is 0 Å². The van der Waals surface area contributed by atoms with Crippen molar-refractivity contribution < 1.29 is 9.59 Å². The highest BCUT2D eigenvalue weighted by Crippen LogP contribution is 2.41. The van der Waals surface area contributed by atoms with E-state index in [-0.39, 0.29) is 23.1 Å². The van der Waals surface area contributed by atoms with E-state index in [9.17, 15) is 9.59 Å². The fourth-order valence-electron chi connectivity index (χ4n) is 4.83. The molecule has 4 rings (SSSR count). The van der Waals surface area contributed by atoms with Gasteiger partial charge < -0.3 is 4.90 Å². The molecule has 0 spiro atoms. The molecule has 1 aliphatic carbocycles. The Morgan fingerprint density at radius 1 is 1.27 bits per heavy atom. The quantitative estimate of drug-likeness (QED) is 0.705. The van der Waals surface area contributed by atoms with Crippen molar-refractivity contribution in [1.82, 2.24) is 14.7 Å². The summed E-state index contributed by atoms with van der Waals surface area (Å²) < 4.78 is 2.00. The van der Waals surface area contributed by atoms with Crippen molar-refractivity contribution in [3.05, 3.63) is 52.8 Å². The van der Waals surface area contributed by atoms with Crippen LogP contribution in [0.3, 0.4) is 0 Å². The summed E-state index contributed by atoms with van der Waals surface area (Å²) in [6.45, 7) is 5.61. The predicted molar refractivity (Wildman–Crippen MR) is 116 cm³/mol. The van der Waals surface area contributed by atoms with E-state index in [0.717, 1.165) is 41.8 Å². The number of hydrogen-bond donors (Lipinski definition) is 0. The summed E-state index contributed by atoms with van der Waals surface area (Å²) in [5.41, 5.74) is 3.62. The largest absolute Gasteiger partial charge is 0.334 e. The zero-order valence-electron chi connectivity index (χ0n) is 17.9. The lowest BCUT2D eigenvalue weighted by Crippen LogP contribution is -2.32. The minimum atomic E-state index is -0.133. The third-order valence-corrected chi connectivity index (χ3v) is 6.20. The van der Waals surface area contributed by atoms with Crippen LogP contribution in [0.15, 0.2) is 30.3 Å². The number of terminal acetylenes is 1. The van der Waals surface area contributed by atoms with Crippen LogP contribution in [-0.4, -0.2) is 32.9 Å². The summed E-state index contributed by atoms with van der Waals surface area (Å²) in [6.07, 6.45) is 9.23. The second-order valence-electron chi connectivity index (χ2n) is 9.24. The Hall–Kier alpha value is -2.87. The number of rotatable bonds is 5. The van der Waals surface area contributed by atoms with Crippen LogP contribution in [0, 0.1) is 17.8 Å². The van der Waals surface area contributed by atoms with E-state index >= 15 is 0 Å². The van der Waals surface area contributed by atoms with Crippen LogP contribution in [0.1, 0.15) is 79.3 Å². The summed E-state index contributed by atoms with van der Waals surface area (Å²) >= 11 is 0. The first kappa shape index (κ1) is 20.4. The van der Waals surface area contributed by atoms with Gasteiger partial charge in [0.25, 0.3) is 0 Å². The molecular weight excluding hydrogens is 374 g/mol. The molecule has 1 aromatic heterocycles. The van der Waals surface area contributed by atoms with Crippen molar-refractivity contribution in [2.45, 2.75) is 65.0 Å². The molecule has 156 valence electrons. The molecule has 1 amide bonds. The van der Waals surface area contributed by atoms with Gasteiger partial charge >= 0.3 is 0 Å². The van der Waals surface area contributed by atoms with Crippen LogP contribution in [0.2, 0.25) is 0 Å². The SMILES string of the molecule is C#CCCC(=O)N1CCC[C@H]1c1nn(Cc2ccccc2)c2c1C(=O)CC(C)(C)C2. The predicted octanol–water partition coefficient (Wildman–Crippen LogP) is 4.16. The molecule has 1 saturated heterocycles. The molecule has 30 heavy (non-hydrogen) atoms. The van der Waals surface area contributed by atoms with Crippen LogP contribution in [-0.2, 0) is 17.8 Å². The number of fused-ring (bicyclic) bond motifs is 1. The number of carbonyl (C=O) groups excluding carboxylic acids is 2. The van der Waals surface area contributed by atoms with Crippen molar-refractivity contribution in [2.75, 3.05) is 6.54 Å². The molecule has 2 aromatic rings. The third kappa shape index (κ3) is 3.92. The molecule has 0 unspecified atom stereocenters. The Morgan fingerprint density at radius 3 is 2.77 bits per heavy atom. The minimum absolute atomic E-state index is 0.0606. The molecule has 5 nitrogen and oxygen atoms in total. The number of amides is 1. The first-order chi connectivity index (χ1) is 14.4. The van der Waals surface area contributed by atoms with Gasteiger partial charge in [0, 0.05) is 25.8 Å². The van der Waals surface area contributed by atoms with Crippen molar-refractivity contribution in [3.63, 3.8) is 0 Å². The number of benzene rings is 1. The third-order valence-electron chi connectivity index (χ3n) is 6.20. The molecule has 2 heterocycles. The van der Waals surface area contributed by atoms with Gasteiger partial charge in [-0.3, -0.25) is 14.3 Å². The molecule has 0 radical (unpaired) electrons. The first-order valence-corrected chi connectivity index (χ1v) is 10.8. The fourth-order valence-corrected chi connectivity index (χ4v) is 4.83. The first-order valence-electron chi connectivity index (χ1n) is 10.8. The summed E-state index contributed by atoms with van der Waals surface area (Å²) in [6, 6.07) is 10.1. The summed E-state index contributed by atoms with van der Waals surface area (Å²) in [5, 5.41) is 4.96. The van der Waals surface area contributed by atoms with Gasteiger partial charge in [-0.1, -0.05) is 44.2 Å². The molecule has 0 bridgehead atoms. The van der Waals surface area contributed by atoms with E-state index in [1.54, 1.807) is 0 Å². The second kappa shape index (κ2) is 8.10. The average Bonchev–Trinajstić information content (AvgIpc) is 3.31. The van der Waals surface area contributed by atoms with Crippen LogP contribution >= 0.6 is 0 Å². The van der Waals surface area contributed by atoms with Crippen LogP contribution in [0.5, 0.6) is 0 Å². The molecule has 1 aromatic carbocycles. The number of nitrogens with zero attached hydrogens (tertiary/aromatic N) is 3. The van der Waals surface area contributed by atoms with E-state index in [0.29, 0.717) is 32.4 Å². The van der Waals surface area contributed by atoms with Gasteiger partial charge in [0.05, 0.1) is 29.5 Å². The maximum Gasteiger partial charge on any atom is 0.224 e. The number of ketones is 1. The topological polar surface area (TPSA) is 55.2 Å². The van der Waals surface area contributed by atoms with Gasteiger partial charge in [-0.05, 0) is 30.2 Å². The normalized spacial score (nSPS) is 20.1. The Bertz CT molecular complexity index is 997. The monoisotopic (exact) mass is 403 g/mol. The van der Waals surface area contributed by atoms with E-state index in [1.165, 1.54) is 0 Å². The molecule has 0 N–H and O–H groups in total. The van der Waals surface area contributed by atoms with Crippen molar-refractivity contribution in [1.29, 1.82) is 0 Å². The summed E-state index contributed by atoms with van der Waals surface area (Å²) in [7, 11) is 0. The van der Waals surface area contributed by atoms with E-state index < -0.39 is 0 Å². The Morgan fingerprint density at radius 2 is 2.03 bits per heavy atom. The average molecular weight is 404 g/mol. The van der Waals surface area contributed by atoms with Gasteiger partial charge in [0.1, 0.15) is 0 Å². The smallest absolute Gasteiger partial charge is 0.224 e. The van der Waals surface area contributed by atoms with E-state index in [2.05, 4.69) is 31.9 Å².